The normalized spacial score (nSPS) is 27.5. The third-order valence-electron chi connectivity index (χ3n) is 6.24. The zero-order valence-electron chi connectivity index (χ0n) is 16.1. The Bertz CT molecular complexity index is 975. The molecule has 1 amide bonds. The molecule has 1 aliphatic carbocycles. The van der Waals surface area contributed by atoms with E-state index >= 15 is 0 Å². The van der Waals surface area contributed by atoms with E-state index in [2.05, 4.69) is 5.32 Å². The first-order valence-electron chi connectivity index (χ1n) is 9.79. The monoisotopic (exact) mass is 395 g/mol. The second-order valence-corrected chi connectivity index (χ2v) is 7.66. The number of anilines is 1. The largest absolute Gasteiger partial charge is 0.466 e. The molecule has 0 radical (unpaired) electrons. The van der Waals surface area contributed by atoms with Gasteiger partial charge in [0.2, 0.25) is 5.91 Å². The number of amides is 1. The predicted molar refractivity (Wildman–Crippen MR) is 105 cm³/mol. The molecule has 1 fully saturated rings. The molecule has 0 unspecified atom stereocenters. The van der Waals surface area contributed by atoms with Crippen molar-refractivity contribution in [2.45, 2.75) is 31.1 Å². The van der Waals surface area contributed by atoms with Gasteiger partial charge in [-0.2, -0.15) is 0 Å². The van der Waals surface area contributed by atoms with E-state index in [9.17, 15) is 18.8 Å². The standard InChI is InChI=1S/C23H22FNO4/c1-2-29-20(27)11-14-12-23(17-8-4-6-10-19(17)25-22(23)28)21(16(14)13-26)15-7-3-5-9-18(15)24/h3-10,13-14,16,21H,2,11-12H2,1H3,(H,25,28)/t14-,16+,21-,23-/m1/s1. The Morgan fingerprint density at radius 3 is 2.69 bits per heavy atom. The van der Waals surface area contributed by atoms with Crippen molar-refractivity contribution in [2.24, 2.45) is 11.8 Å². The van der Waals surface area contributed by atoms with Crippen molar-refractivity contribution in [1.82, 2.24) is 0 Å². The number of fused-ring (bicyclic) bond motifs is 2. The van der Waals surface area contributed by atoms with Gasteiger partial charge in [-0.1, -0.05) is 36.4 Å². The molecule has 29 heavy (non-hydrogen) atoms. The van der Waals surface area contributed by atoms with E-state index < -0.39 is 35.0 Å². The minimum absolute atomic E-state index is 0.0133. The predicted octanol–water partition coefficient (Wildman–Crippen LogP) is 3.59. The highest BCUT2D eigenvalue weighted by atomic mass is 19.1. The summed E-state index contributed by atoms with van der Waals surface area (Å²) in [5.41, 5.74) is 0.626. The van der Waals surface area contributed by atoms with E-state index in [1.165, 1.54) is 6.07 Å². The molecule has 1 heterocycles. The number of hydrogen-bond acceptors (Lipinski definition) is 4. The Hall–Kier alpha value is -3.02. The second-order valence-electron chi connectivity index (χ2n) is 7.66. The molecular formula is C23H22FNO4. The number of halogens is 1. The molecule has 4 rings (SSSR count). The first-order valence-corrected chi connectivity index (χ1v) is 9.79. The van der Waals surface area contributed by atoms with Crippen LogP contribution < -0.4 is 5.32 Å². The van der Waals surface area contributed by atoms with Crippen molar-refractivity contribution in [1.29, 1.82) is 0 Å². The summed E-state index contributed by atoms with van der Waals surface area (Å²) in [5, 5.41) is 2.90. The molecule has 0 aromatic heterocycles. The molecule has 0 saturated heterocycles. The van der Waals surface area contributed by atoms with Crippen LogP contribution >= 0.6 is 0 Å². The number of esters is 1. The second kappa shape index (κ2) is 7.43. The lowest BCUT2D eigenvalue weighted by molar-refractivity contribution is -0.144. The van der Waals surface area contributed by atoms with Crippen molar-refractivity contribution in [3.8, 4) is 0 Å². The van der Waals surface area contributed by atoms with Crippen LogP contribution in [0.1, 0.15) is 36.8 Å². The summed E-state index contributed by atoms with van der Waals surface area (Å²) in [5.74, 6) is -2.95. The molecule has 0 bridgehead atoms. The van der Waals surface area contributed by atoms with Gasteiger partial charge in [-0.05, 0) is 42.5 Å². The van der Waals surface area contributed by atoms with E-state index in [0.717, 1.165) is 11.8 Å². The topological polar surface area (TPSA) is 72.5 Å². The first-order chi connectivity index (χ1) is 14.0. The third kappa shape index (κ3) is 2.94. The van der Waals surface area contributed by atoms with E-state index in [1.807, 2.05) is 18.2 Å². The quantitative estimate of drug-likeness (QED) is 0.620. The molecule has 1 spiro atoms. The molecule has 1 saturated carbocycles. The Kier molecular flexibility index (Phi) is 4.94. The van der Waals surface area contributed by atoms with Crippen LogP contribution in [-0.4, -0.2) is 24.8 Å². The maximum atomic E-state index is 14.9. The van der Waals surface area contributed by atoms with E-state index in [-0.39, 0.29) is 25.4 Å². The number of ether oxygens (including phenoxy) is 1. The summed E-state index contributed by atoms with van der Waals surface area (Å²) in [6.45, 7) is 1.95. The fraction of sp³-hybridized carbons (Fsp3) is 0.348. The van der Waals surface area contributed by atoms with Gasteiger partial charge in [0.25, 0.3) is 0 Å². The van der Waals surface area contributed by atoms with Crippen molar-refractivity contribution in [2.75, 3.05) is 11.9 Å². The van der Waals surface area contributed by atoms with Gasteiger partial charge in [0, 0.05) is 23.9 Å². The van der Waals surface area contributed by atoms with Crippen LogP contribution in [0.5, 0.6) is 0 Å². The minimum atomic E-state index is -1.11. The van der Waals surface area contributed by atoms with Gasteiger partial charge in [-0.15, -0.1) is 0 Å². The maximum Gasteiger partial charge on any atom is 0.306 e. The minimum Gasteiger partial charge on any atom is -0.466 e. The number of aldehydes is 1. The molecule has 1 N–H and O–H groups in total. The molecule has 2 aromatic carbocycles. The van der Waals surface area contributed by atoms with Gasteiger partial charge >= 0.3 is 5.97 Å². The zero-order chi connectivity index (χ0) is 20.6. The maximum absolute atomic E-state index is 14.9. The molecular weight excluding hydrogens is 373 g/mol. The van der Waals surface area contributed by atoms with E-state index in [0.29, 0.717) is 11.3 Å². The van der Waals surface area contributed by atoms with Crippen LogP contribution in [0.25, 0.3) is 0 Å². The SMILES string of the molecule is CCOC(=O)C[C@@H]1C[C@]2(C(=O)Nc3ccccc32)[C@H](c2ccccc2F)[C@H]1C=O. The number of carbonyl (C=O) groups excluding carboxylic acids is 3. The van der Waals surface area contributed by atoms with Crippen LogP contribution in [0.4, 0.5) is 10.1 Å². The summed E-state index contributed by atoms with van der Waals surface area (Å²) in [4.78, 5) is 37.7. The Morgan fingerprint density at radius 1 is 1.24 bits per heavy atom. The van der Waals surface area contributed by atoms with E-state index in [4.69, 9.17) is 4.74 Å². The van der Waals surface area contributed by atoms with Gasteiger partial charge in [0.05, 0.1) is 12.0 Å². The van der Waals surface area contributed by atoms with Crippen molar-refractivity contribution >= 4 is 23.9 Å². The van der Waals surface area contributed by atoms with Crippen LogP contribution in [0.3, 0.4) is 0 Å². The molecule has 6 heteroatoms. The highest BCUT2D eigenvalue weighted by Crippen LogP contribution is 2.61. The number of benzene rings is 2. The summed E-state index contributed by atoms with van der Waals surface area (Å²) in [7, 11) is 0. The van der Waals surface area contributed by atoms with Crippen molar-refractivity contribution in [3.63, 3.8) is 0 Å². The fourth-order valence-corrected chi connectivity index (χ4v) is 5.16. The summed E-state index contributed by atoms with van der Waals surface area (Å²) in [6, 6.07) is 13.5. The summed E-state index contributed by atoms with van der Waals surface area (Å²) in [6.07, 6.45) is 1.06. The van der Waals surface area contributed by atoms with Crippen molar-refractivity contribution < 1.29 is 23.5 Å². The zero-order valence-corrected chi connectivity index (χ0v) is 16.1. The highest BCUT2D eigenvalue weighted by Gasteiger charge is 2.62. The Labute approximate surface area is 168 Å². The summed E-state index contributed by atoms with van der Waals surface area (Å²) >= 11 is 0. The molecule has 2 aliphatic rings. The third-order valence-corrected chi connectivity index (χ3v) is 6.24. The average Bonchev–Trinajstić information content (AvgIpc) is 3.17. The van der Waals surface area contributed by atoms with Crippen LogP contribution in [-0.2, 0) is 24.5 Å². The molecule has 4 atom stereocenters. The van der Waals surface area contributed by atoms with Gasteiger partial charge in [-0.25, -0.2) is 4.39 Å². The molecule has 2 aromatic rings. The molecule has 1 aliphatic heterocycles. The number of rotatable bonds is 5. The first kappa shape index (κ1) is 19.3. The lowest BCUT2D eigenvalue weighted by Crippen LogP contribution is -2.39. The number of carbonyl (C=O) groups is 3. The van der Waals surface area contributed by atoms with E-state index in [1.54, 1.807) is 31.2 Å². The lowest BCUT2D eigenvalue weighted by Gasteiger charge is -2.31. The Balaban J connectivity index is 1.88. The summed E-state index contributed by atoms with van der Waals surface area (Å²) < 4.78 is 19.9. The highest BCUT2D eigenvalue weighted by molar-refractivity contribution is 6.07. The number of para-hydroxylation sites is 1. The van der Waals surface area contributed by atoms with Crippen molar-refractivity contribution in [3.05, 3.63) is 65.5 Å². The Morgan fingerprint density at radius 2 is 1.97 bits per heavy atom. The van der Waals surface area contributed by atoms with Gasteiger partial charge in [0.15, 0.2) is 0 Å². The van der Waals surface area contributed by atoms with Crippen LogP contribution in [0.15, 0.2) is 48.5 Å². The van der Waals surface area contributed by atoms with Gasteiger partial charge in [0.1, 0.15) is 12.1 Å². The van der Waals surface area contributed by atoms with Gasteiger partial charge in [-0.3, -0.25) is 9.59 Å². The smallest absolute Gasteiger partial charge is 0.306 e. The number of nitrogens with one attached hydrogen (secondary N) is 1. The lowest BCUT2D eigenvalue weighted by atomic mass is 9.68. The number of hydrogen-bond donors (Lipinski definition) is 1. The fourth-order valence-electron chi connectivity index (χ4n) is 5.16. The molecule has 5 nitrogen and oxygen atoms in total. The van der Waals surface area contributed by atoms with Gasteiger partial charge < -0.3 is 14.8 Å². The molecule has 150 valence electrons. The average molecular weight is 395 g/mol. The van der Waals surface area contributed by atoms with Crippen LogP contribution in [0, 0.1) is 17.7 Å². The van der Waals surface area contributed by atoms with Crippen LogP contribution in [0.2, 0.25) is 0 Å².